The first-order valence-electron chi connectivity index (χ1n) is 8.69. The van der Waals surface area contributed by atoms with Crippen molar-refractivity contribution in [2.24, 2.45) is 0 Å². The summed E-state index contributed by atoms with van der Waals surface area (Å²) in [5.41, 5.74) is 0.425. The van der Waals surface area contributed by atoms with Crippen LogP contribution in [0, 0.1) is 0 Å². The predicted octanol–water partition coefficient (Wildman–Crippen LogP) is 2.18. The maximum Gasteiger partial charge on any atom is 0.573 e. The molecule has 0 spiro atoms. The first-order chi connectivity index (χ1) is 13.5. The number of nitrogens with zero attached hydrogens (tertiary/aromatic N) is 1. The molecule has 1 atom stereocenters. The monoisotopic (exact) mass is 435 g/mol. The van der Waals surface area contributed by atoms with Crippen molar-refractivity contribution in [1.82, 2.24) is 4.90 Å². The lowest BCUT2D eigenvalue weighted by Crippen LogP contribution is -2.43. The first kappa shape index (κ1) is 22.7. The zero-order valence-corrected chi connectivity index (χ0v) is 16.3. The average molecular weight is 435 g/mol. The van der Waals surface area contributed by atoms with Gasteiger partial charge in [-0.25, -0.2) is 13.2 Å². The minimum Gasteiger partial charge on any atom is -0.452 e. The van der Waals surface area contributed by atoms with E-state index in [0.29, 0.717) is 18.5 Å². The van der Waals surface area contributed by atoms with Gasteiger partial charge in [0.1, 0.15) is 5.75 Å². The number of hydrogen-bond acceptors (Lipinski definition) is 6. The van der Waals surface area contributed by atoms with Gasteiger partial charge in [0.2, 0.25) is 0 Å². The molecule has 1 heterocycles. The lowest BCUT2D eigenvalue weighted by atomic mass is 10.2. The Morgan fingerprint density at radius 2 is 1.90 bits per heavy atom. The number of carbonyl (C=O) groups excluding carboxylic acids is 2. The Balaban J connectivity index is 1.84. The summed E-state index contributed by atoms with van der Waals surface area (Å²) in [5.74, 6) is -1.78. The van der Waals surface area contributed by atoms with Gasteiger partial charge in [-0.2, -0.15) is 0 Å². The van der Waals surface area contributed by atoms with Gasteiger partial charge in [0.05, 0.1) is 11.5 Å². The molecule has 1 saturated heterocycles. The van der Waals surface area contributed by atoms with E-state index in [1.807, 2.05) is 0 Å². The van der Waals surface area contributed by atoms with E-state index < -0.39 is 46.5 Å². The summed E-state index contributed by atoms with van der Waals surface area (Å²) < 4.78 is 68.1. The Hall–Kier alpha value is -2.56. The number of hydrogen-bond donors (Lipinski definition) is 0. The summed E-state index contributed by atoms with van der Waals surface area (Å²) in [6.07, 6.45) is -2.10. The number of amides is 1. The molecular weight excluding hydrogens is 415 g/mol. The third-order valence-corrected chi connectivity index (χ3v) is 5.92. The number of rotatable bonds is 7. The summed E-state index contributed by atoms with van der Waals surface area (Å²) in [7, 11) is -3.15. The van der Waals surface area contributed by atoms with Crippen molar-refractivity contribution in [3.05, 3.63) is 35.9 Å². The molecule has 29 heavy (non-hydrogen) atoms. The molecule has 0 radical (unpaired) electrons. The third kappa shape index (κ3) is 7.41. The molecule has 0 saturated carbocycles. The Bertz CT molecular complexity index is 865. The fourth-order valence-corrected chi connectivity index (χ4v) is 4.60. The van der Waals surface area contributed by atoms with E-state index in [-0.39, 0.29) is 11.5 Å². The molecule has 0 aliphatic carbocycles. The molecule has 7 nitrogen and oxygen atoms in total. The average Bonchev–Trinajstić information content (AvgIpc) is 2.98. The van der Waals surface area contributed by atoms with Crippen LogP contribution in [0.1, 0.15) is 18.9 Å². The van der Waals surface area contributed by atoms with Crippen LogP contribution in [0.2, 0.25) is 0 Å². The van der Waals surface area contributed by atoms with Crippen LogP contribution in [-0.2, 0) is 24.2 Å². The highest BCUT2D eigenvalue weighted by molar-refractivity contribution is 7.91. The van der Waals surface area contributed by atoms with Crippen molar-refractivity contribution in [2.75, 3.05) is 24.7 Å². The van der Waals surface area contributed by atoms with Gasteiger partial charge in [-0.1, -0.05) is 12.1 Å². The SMILES string of the molecule is CCN(C(=O)COC(=O)/C=C/c1ccc(OC(F)(F)F)cc1)C1CCS(=O)(=O)C1. The molecule has 2 rings (SSSR count). The molecule has 160 valence electrons. The van der Waals surface area contributed by atoms with Gasteiger partial charge >= 0.3 is 12.3 Å². The minimum atomic E-state index is -4.79. The molecule has 1 aliphatic rings. The van der Waals surface area contributed by atoms with Crippen LogP contribution in [-0.4, -0.2) is 62.3 Å². The molecule has 1 fully saturated rings. The van der Waals surface area contributed by atoms with Gasteiger partial charge in [-0.05, 0) is 37.1 Å². The third-order valence-electron chi connectivity index (χ3n) is 4.17. The highest BCUT2D eigenvalue weighted by atomic mass is 32.2. The normalized spacial score (nSPS) is 18.6. The highest BCUT2D eigenvalue weighted by Gasteiger charge is 2.34. The molecule has 0 bridgehead atoms. The van der Waals surface area contributed by atoms with Crippen LogP contribution in [0.5, 0.6) is 5.75 Å². The lowest BCUT2D eigenvalue weighted by molar-refractivity contribution is -0.274. The molecule has 11 heteroatoms. The van der Waals surface area contributed by atoms with Gasteiger partial charge in [-0.15, -0.1) is 13.2 Å². The summed E-state index contributed by atoms with van der Waals surface area (Å²) in [6, 6.07) is 4.39. The van der Waals surface area contributed by atoms with Crippen molar-refractivity contribution in [1.29, 1.82) is 0 Å². The van der Waals surface area contributed by atoms with E-state index in [1.165, 1.54) is 23.1 Å². The standard InChI is InChI=1S/C18H20F3NO6S/c1-2-22(14-9-10-29(25,26)12-14)16(23)11-27-17(24)8-5-13-3-6-15(7-4-13)28-18(19,20)21/h3-8,14H,2,9-12H2,1H3/b8-5+. The molecule has 1 aromatic carbocycles. The molecule has 1 aromatic rings. The van der Waals surface area contributed by atoms with Crippen molar-refractivity contribution >= 4 is 27.8 Å². The first-order valence-corrected chi connectivity index (χ1v) is 10.5. The zero-order valence-electron chi connectivity index (χ0n) is 15.5. The molecule has 1 aliphatic heterocycles. The van der Waals surface area contributed by atoms with E-state index in [9.17, 15) is 31.2 Å². The topological polar surface area (TPSA) is 90.0 Å². The second kappa shape index (κ2) is 9.29. The van der Waals surface area contributed by atoms with Crippen molar-refractivity contribution in [3.63, 3.8) is 0 Å². The van der Waals surface area contributed by atoms with E-state index in [2.05, 4.69) is 4.74 Å². The van der Waals surface area contributed by atoms with Gasteiger partial charge < -0.3 is 14.4 Å². The lowest BCUT2D eigenvalue weighted by Gasteiger charge is -2.26. The van der Waals surface area contributed by atoms with Crippen molar-refractivity contribution in [2.45, 2.75) is 25.7 Å². The maximum absolute atomic E-state index is 12.2. The Morgan fingerprint density at radius 3 is 2.41 bits per heavy atom. The van der Waals surface area contributed by atoms with Gasteiger partial charge in [-0.3, -0.25) is 4.79 Å². The van der Waals surface area contributed by atoms with Crippen LogP contribution >= 0.6 is 0 Å². The molecule has 0 N–H and O–H groups in total. The molecule has 1 amide bonds. The number of carbonyl (C=O) groups is 2. The summed E-state index contributed by atoms with van der Waals surface area (Å²) >= 11 is 0. The van der Waals surface area contributed by atoms with Gasteiger partial charge in [0.15, 0.2) is 16.4 Å². The number of esters is 1. The van der Waals surface area contributed by atoms with E-state index in [0.717, 1.165) is 18.2 Å². The molecule has 1 unspecified atom stereocenters. The Labute approximate surface area is 166 Å². The summed E-state index contributed by atoms with van der Waals surface area (Å²) in [5, 5.41) is 0. The number of ether oxygens (including phenoxy) is 2. The van der Waals surface area contributed by atoms with Crippen LogP contribution in [0.3, 0.4) is 0 Å². The Kier molecular flexibility index (Phi) is 7.28. The number of benzene rings is 1. The minimum absolute atomic E-state index is 0.0246. The number of halogens is 3. The van der Waals surface area contributed by atoms with Crippen molar-refractivity contribution < 1.29 is 40.7 Å². The number of alkyl halides is 3. The van der Waals surface area contributed by atoms with Crippen LogP contribution < -0.4 is 4.74 Å². The smallest absolute Gasteiger partial charge is 0.452 e. The van der Waals surface area contributed by atoms with Crippen LogP contribution in [0.25, 0.3) is 6.08 Å². The molecular formula is C18H20F3NO6S. The van der Waals surface area contributed by atoms with Crippen LogP contribution in [0.15, 0.2) is 30.3 Å². The highest BCUT2D eigenvalue weighted by Crippen LogP contribution is 2.23. The largest absolute Gasteiger partial charge is 0.573 e. The zero-order chi connectivity index (χ0) is 21.7. The van der Waals surface area contributed by atoms with E-state index in [4.69, 9.17) is 4.74 Å². The summed E-state index contributed by atoms with van der Waals surface area (Å²) in [4.78, 5) is 25.4. The maximum atomic E-state index is 12.2. The summed E-state index contributed by atoms with van der Waals surface area (Å²) in [6.45, 7) is 1.46. The second-order valence-corrected chi connectivity index (χ2v) is 8.52. The number of likely N-dealkylation sites (N-methyl/N-ethyl adjacent to an activating group) is 1. The fraction of sp³-hybridized carbons (Fsp3) is 0.444. The van der Waals surface area contributed by atoms with E-state index in [1.54, 1.807) is 6.92 Å². The quantitative estimate of drug-likeness (QED) is 0.482. The number of sulfone groups is 1. The molecule has 0 aromatic heterocycles. The van der Waals surface area contributed by atoms with Crippen molar-refractivity contribution in [3.8, 4) is 5.75 Å². The van der Waals surface area contributed by atoms with Gasteiger partial charge in [0.25, 0.3) is 5.91 Å². The van der Waals surface area contributed by atoms with Crippen LogP contribution in [0.4, 0.5) is 13.2 Å². The Morgan fingerprint density at radius 1 is 1.24 bits per heavy atom. The predicted molar refractivity (Wildman–Crippen MR) is 97.6 cm³/mol. The fourth-order valence-electron chi connectivity index (χ4n) is 2.87. The van der Waals surface area contributed by atoms with Gasteiger partial charge in [0, 0.05) is 18.7 Å². The second-order valence-electron chi connectivity index (χ2n) is 6.29. The van der Waals surface area contributed by atoms with E-state index >= 15 is 0 Å².